The Kier molecular flexibility index (Phi) is 5.93. The molecular formula is C25H27N3O3S. The Bertz CT molecular complexity index is 1130. The van der Waals surface area contributed by atoms with Gasteiger partial charge >= 0.3 is 0 Å². The van der Waals surface area contributed by atoms with E-state index in [0.29, 0.717) is 25.1 Å². The molecule has 166 valence electrons. The van der Waals surface area contributed by atoms with Gasteiger partial charge in [-0.3, -0.25) is 4.79 Å². The summed E-state index contributed by atoms with van der Waals surface area (Å²) in [7, 11) is 0. The Balaban J connectivity index is 1.36. The molecule has 1 saturated carbocycles. The number of benzene rings is 1. The van der Waals surface area contributed by atoms with Gasteiger partial charge in [-0.15, -0.1) is 11.3 Å². The number of ether oxygens (including phenoxy) is 1. The summed E-state index contributed by atoms with van der Waals surface area (Å²) < 4.78 is 5.86. The maximum atomic E-state index is 12.9. The quantitative estimate of drug-likeness (QED) is 0.613. The van der Waals surface area contributed by atoms with E-state index in [1.54, 1.807) is 11.3 Å². The molecule has 0 radical (unpaired) electrons. The van der Waals surface area contributed by atoms with Crippen LogP contribution >= 0.6 is 11.3 Å². The van der Waals surface area contributed by atoms with E-state index >= 15 is 0 Å². The molecule has 0 spiro atoms. The zero-order valence-corrected chi connectivity index (χ0v) is 19.0. The Morgan fingerprint density at radius 1 is 1.25 bits per heavy atom. The molecule has 3 aromatic rings. The highest BCUT2D eigenvalue weighted by molar-refractivity contribution is 7.15. The molecule has 2 N–H and O–H groups in total. The fraction of sp³-hybridized carbons (Fsp3) is 0.400. The number of nitrogens with zero attached hydrogens (tertiary/aromatic N) is 2. The summed E-state index contributed by atoms with van der Waals surface area (Å²) in [4.78, 5) is 23.0. The Morgan fingerprint density at radius 2 is 2.06 bits per heavy atom. The molecule has 0 bridgehead atoms. The number of aliphatic hydroxyl groups excluding tert-OH is 1. The number of hydrogen-bond donors (Lipinski definition) is 2. The van der Waals surface area contributed by atoms with Crippen LogP contribution in [0, 0.1) is 6.92 Å². The minimum absolute atomic E-state index is 0.200. The molecule has 32 heavy (non-hydrogen) atoms. The van der Waals surface area contributed by atoms with Crippen molar-refractivity contribution >= 4 is 17.2 Å². The molecule has 1 amide bonds. The van der Waals surface area contributed by atoms with E-state index in [1.807, 2.05) is 19.2 Å². The van der Waals surface area contributed by atoms with E-state index in [1.165, 1.54) is 0 Å². The second-order valence-electron chi connectivity index (χ2n) is 8.59. The van der Waals surface area contributed by atoms with E-state index in [2.05, 4.69) is 39.6 Å². The van der Waals surface area contributed by atoms with Crippen molar-refractivity contribution in [2.24, 2.45) is 0 Å². The van der Waals surface area contributed by atoms with Gasteiger partial charge in [-0.25, -0.2) is 9.97 Å². The number of aromatic nitrogens is 2. The molecule has 2 aliphatic rings. The number of carbonyl (C=O) groups is 1. The van der Waals surface area contributed by atoms with Crippen LogP contribution in [0.4, 0.5) is 0 Å². The summed E-state index contributed by atoms with van der Waals surface area (Å²) >= 11 is 1.68. The first kappa shape index (κ1) is 21.1. The van der Waals surface area contributed by atoms with Crippen LogP contribution in [-0.2, 0) is 12.8 Å². The summed E-state index contributed by atoms with van der Waals surface area (Å²) in [5.41, 5.74) is 4.52. The summed E-state index contributed by atoms with van der Waals surface area (Å²) in [5, 5.41) is 14.3. The van der Waals surface area contributed by atoms with Crippen molar-refractivity contribution in [3.63, 3.8) is 0 Å². The minimum atomic E-state index is -0.481. The van der Waals surface area contributed by atoms with E-state index in [9.17, 15) is 9.90 Å². The van der Waals surface area contributed by atoms with Gasteiger partial charge in [-0.05, 0) is 37.0 Å². The van der Waals surface area contributed by atoms with Crippen LogP contribution in [-0.4, -0.2) is 39.7 Å². The van der Waals surface area contributed by atoms with E-state index < -0.39 is 6.10 Å². The van der Waals surface area contributed by atoms with Gasteiger partial charge in [-0.1, -0.05) is 37.1 Å². The molecule has 6 nitrogen and oxygen atoms in total. The van der Waals surface area contributed by atoms with Gasteiger partial charge < -0.3 is 15.2 Å². The van der Waals surface area contributed by atoms with Crippen molar-refractivity contribution in [1.82, 2.24) is 15.3 Å². The predicted octanol–water partition coefficient (Wildman–Crippen LogP) is 4.07. The van der Waals surface area contributed by atoms with Gasteiger partial charge in [0.05, 0.1) is 34.3 Å². The Hall–Kier alpha value is -2.77. The lowest BCUT2D eigenvalue weighted by Gasteiger charge is -2.28. The van der Waals surface area contributed by atoms with Crippen molar-refractivity contribution in [2.75, 3.05) is 6.61 Å². The number of rotatable bonds is 5. The number of nitrogens with one attached hydrogen (secondary N) is 1. The smallest absolute Gasteiger partial charge is 0.270 e. The van der Waals surface area contributed by atoms with Gasteiger partial charge in [0.25, 0.3) is 5.91 Å². The second-order valence-corrected chi connectivity index (χ2v) is 9.82. The van der Waals surface area contributed by atoms with Crippen LogP contribution in [0.5, 0.6) is 5.75 Å². The maximum Gasteiger partial charge on any atom is 0.270 e. The molecule has 1 aliphatic heterocycles. The van der Waals surface area contributed by atoms with Crippen molar-refractivity contribution in [2.45, 2.75) is 57.6 Å². The molecule has 0 saturated heterocycles. The van der Waals surface area contributed by atoms with Gasteiger partial charge in [-0.2, -0.15) is 0 Å². The van der Waals surface area contributed by atoms with Gasteiger partial charge in [0.2, 0.25) is 0 Å². The van der Waals surface area contributed by atoms with Crippen LogP contribution in [0.3, 0.4) is 0 Å². The zero-order chi connectivity index (χ0) is 22.1. The molecule has 1 aromatic carbocycles. The third-order valence-corrected chi connectivity index (χ3v) is 7.20. The molecule has 5 rings (SSSR count). The minimum Gasteiger partial charge on any atom is -0.491 e. The summed E-state index contributed by atoms with van der Waals surface area (Å²) in [6.45, 7) is 2.60. The third-order valence-electron chi connectivity index (χ3n) is 6.24. The number of aliphatic hydroxyl groups is 1. The van der Waals surface area contributed by atoms with Gasteiger partial charge in [0, 0.05) is 24.6 Å². The van der Waals surface area contributed by atoms with E-state index in [0.717, 1.165) is 63.7 Å². The van der Waals surface area contributed by atoms with E-state index in [-0.39, 0.29) is 11.9 Å². The van der Waals surface area contributed by atoms with Gasteiger partial charge in [0.15, 0.2) is 0 Å². The average molecular weight is 450 g/mol. The average Bonchev–Trinajstić information content (AvgIpc) is 3.45. The van der Waals surface area contributed by atoms with E-state index in [4.69, 9.17) is 4.74 Å². The molecule has 3 heterocycles. The number of aryl methyl sites for hydroxylation is 1. The molecule has 1 fully saturated rings. The fourth-order valence-electron chi connectivity index (χ4n) is 4.51. The molecule has 7 heteroatoms. The van der Waals surface area contributed by atoms with Crippen LogP contribution in [0.25, 0.3) is 10.4 Å². The topological polar surface area (TPSA) is 84.3 Å². The predicted molar refractivity (Wildman–Crippen MR) is 124 cm³/mol. The summed E-state index contributed by atoms with van der Waals surface area (Å²) in [6, 6.07) is 10.1. The fourth-order valence-corrected chi connectivity index (χ4v) is 5.29. The lowest BCUT2D eigenvalue weighted by atomic mass is 9.92. The number of carbonyl (C=O) groups excluding carboxylic acids is 1. The lowest BCUT2D eigenvalue weighted by molar-refractivity contribution is 0.0713. The molecule has 2 aromatic heterocycles. The van der Waals surface area contributed by atoms with Crippen molar-refractivity contribution in [3.05, 3.63) is 64.1 Å². The maximum absolute atomic E-state index is 12.9. The van der Waals surface area contributed by atoms with Crippen LogP contribution in [0.1, 0.15) is 58.0 Å². The number of amides is 1. The highest BCUT2D eigenvalue weighted by Crippen LogP contribution is 2.32. The second kappa shape index (κ2) is 9.00. The summed E-state index contributed by atoms with van der Waals surface area (Å²) in [6.07, 6.45) is 6.37. The summed E-state index contributed by atoms with van der Waals surface area (Å²) in [5.74, 6) is 0.587. The first-order chi connectivity index (χ1) is 15.6. The first-order valence-corrected chi connectivity index (χ1v) is 12.0. The number of fused-ring (bicyclic) bond motifs is 1. The number of pyridine rings is 1. The van der Waals surface area contributed by atoms with Crippen LogP contribution in [0.15, 0.2) is 36.5 Å². The van der Waals surface area contributed by atoms with Crippen LogP contribution in [0.2, 0.25) is 0 Å². The lowest BCUT2D eigenvalue weighted by Crippen LogP contribution is -2.45. The van der Waals surface area contributed by atoms with Crippen molar-refractivity contribution in [1.29, 1.82) is 0 Å². The molecule has 0 unspecified atom stereocenters. The monoisotopic (exact) mass is 449 g/mol. The molecule has 2 atom stereocenters. The van der Waals surface area contributed by atoms with Crippen LogP contribution < -0.4 is 10.1 Å². The molecular weight excluding hydrogens is 422 g/mol. The highest BCUT2D eigenvalue weighted by atomic mass is 32.1. The SMILES string of the molecule is Cc1ncc(-c2ccc(Cc3cc(C(=O)N[C@H]4CCCC[C@@H]4O)nc4c3OCC4)cc2)s1. The van der Waals surface area contributed by atoms with Gasteiger partial charge in [0.1, 0.15) is 11.4 Å². The molecule has 1 aliphatic carbocycles. The highest BCUT2D eigenvalue weighted by Gasteiger charge is 2.27. The Labute approximate surface area is 191 Å². The largest absolute Gasteiger partial charge is 0.491 e. The van der Waals surface area contributed by atoms with Crippen molar-refractivity contribution in [3.8, 4) is 16.2 Å². The van der Waals surface area contributed by atoms with Crippen molar-refractivity contribution < 1.29 is 14.6 Å². The zero-order valence-electron chi connectivity index (χ0n) is 18.1. The number of thiazole rings is 1. The first-order valence-electron chi connectivity index (χ1n) is 11.2. The normalized spacial score (nSPS) is 19.9. The third kappa shape index (κ3) is 4.40. The Morgan fingerprint density at radius 3 is 2.81 bits per heavy atom. The number of hydrogen-bond acceptors (Lipinski definition) is 6. The standard InChI is InChI=1S/C25H27N3O3S/c1-15-26-14-23(32-15)17-8-6-16(7-9-17)12-18-13-21(27-20-10-11-31-24(18)20)25(30)28-19-4-2-3-5-22(19)29/h6-9,13-14,19,22,29H,2-5,10-12H2,1H3,(H,28,30)/t19-,22-/m0/s1.